The molecule has 1 aromatic carbocycles. The summed E-state index contributed by atoms with van der Waals surface area (Å²) in [5.74, 6) is 1.81. The van der Waals surface area contributed by atoms with Gasteiger partial charge in [-0.3, -0.25) is 0 Å². The SMILES string of the molecule is CC1CCCC(CN[C@H](C)c2ccc(Br)cc2)C1. The third-order valence-corrected chi connectivity index (χ3v) is 4.66. The zero-order valence-electron chi connectivity index (χ0n) is 11.5. The van der Waals surface area contributed by atoms with Crippen molar-refractivity contribution in [1.29, 1.82) is 0 Å². The summed E-state index contributed by atoms with van der Waals surface area (Å²) >= 11 is 3.48. The number of nitrogens with one attached hydrogen (secondary N) is 1. The van der Waals surface area contributed by atoms with Gasteiger partial charge in [0.2, 0.25) is 0 Å². The Hall–Kier alpha value is -0.340. The lowest BCUT2D eigenvalue weighted by Crippen LogP contribution is -2.28. The molecule has 0 aliphatic heterocycles. The molecule has 1 fully saturated rings. The minimum atomic E-state index is 0.454. The fourth-order valence-corrected chi connectivity index (χ4v) is 3.22. The summed E-state index contributed by atoms with van der Waals surface area (Å²) in [6, 6.07) is 9.10. The molecule has 1 saturated carbocycles. The van der Waals surface area contributed by atoms with Crippen LogP contribution in [0.5, 0.6) is 0 Å². The van der Waals surface area contributed by atoms with Crippen molar-refractivity contribution < 1.29 is 0 Å². The van der Waals surface area contributed by atoms with Gasteiger partial charge in [0.1, 0.15) is 0 Å². The second-order valence-electron chi connectivity index (χ2n) is 5.82. The Kier molecular flexibility index (Phi) is 5.25. The maximum absolute atomic E-state index is 3.69. The summed E-state index contributed by atoms with van der Waals surface area (Å²) in [7, 11) is 0. The van der Waals surface area contributed by atoms with Crippen molar-refractivity contribution in [2.45, 2.75) is 45.6 Å². The molecule has 18 heavy (non-hydrogen) atoms. The molecule has 0 saturated heterocycles. The molecule has 0 heterocycles. The van der Waals surface area contributed by atoms with Gasteiger partial charge in [-0.1, -0.05) is 47.8 Å². The Balaban J connectivity index is 1.80. The van der Waals surface area contributed by atoms with Gasteiger partial charge in [-0.2, -0.15) is 0 Å². The van der Waals surface area contributed by atoms with Crippen LogP contribution in [0.2, 0.25) is 0 Å². The summed E-state index contributed by atoms with van der Waals surface area (Å²) in [6.45, 7) is 5.82. The molecular formula is C16H24BrN. The number of hydrogen-bond acceptors (Lipinski definition) is 1. The molecule has 100 valence electrons. The molecule has 2 unspecified atom stereocenters. The fourth-order valence-electron chi connectivity index (χ4n) is 2.96. The predicted molar refractivity (Wildman–Crippen MR) is 81.7 cm³/mol. The molecule has 1 nitrogen and oxygen atoms in total. The van der Waals surface area contributed by atoms with Crippen molar-refractivity contribution in [3.63, 3.8) is 0 Å². The van der Waals surface area contributed by atoms with Gasteiger partial charge in [0.15, 0.2) is 0 Å². The molecule has 0 radical (unpaired) electrons. The van der Waals surface area contributed by atoms with E-state index in [1.54, 1.807) is 0 Å². The minimum absolute atomic E-state index is 0.454. The lowest BCUT2D eigenvalue weighted by atomic mass is 9.82. The number of rotatable bonds is 4. The van der Waals surface area contributed by atoms with Crippen LogP contribution >= 0.6 is 15.9 Å². The van der Waals surface area contributed by atoms with Crippen LogP contribution in [-0.4, -0.2) is 6.54 Å². The van der Waals surface area contributed by atoms with Gasteiger partial charge < -0.3 is 5.32 Å². The normalized spacial score (nSPS) is 25.9. The van der Waals surface area contributed by atoms with Gasteiger partial charge in [0.25, 0.3) is 0 Å². The quantitative estimate of drug-likeness (QED) is 0.832. The van der Waals surface area contributed by atoms with E-state index < -0.39 is 0 Å². The second-order valence-corrected chi connectivity index (χ2v) is 6.73. The first-order chi connectivity index (χ1) is 8.65. The topological polar surface area (TPSA) is 12.0 Å². The van der Waals surface area contributed by atoms with Crippen LogP contribution in [0.25, 0.3) is 0 Å². The highest BCUT2D eigenvalue weighted by molar-refractivity contribution is 9.10. The summed E-state index contributed by atoms with van der Waals surface area (Å²) in [5.41, 5.74) is 1.38. The van der Waals surface area contributed by atoms with Crippen molar-refractivity contribution in [1.82, 2.24) is 5.32 Å². The molecule has 1 N–H and O–H groups in total. The van der Waals surface area contributed by atoms with Crippen molar-refractivity contribution in [3.05, 3.63) is 34.3 Å². The van der Waals surface area contributed by atoms with E-state index >= 15 is 0 Å². The Bertz CT molecular complexity index is 360. The predicted octanol–water partition coefficient (Wildman–Crippen LogP) is 4.93. The van der Waals surface area contributed by atoms with Crippen LogP contribution in [0.1, 0.15) is 51.1 Å². The first kappa shape index (κ1) is 14.1. The lowest BCUT2D eigenvalue weighted by molar-refractivity contribution is 0.268. The van der Waals surface area contributed by atoms with E-state index in [0.717, 1.165) is 16.3 Å². The summed E-state index contributed by atoms with van der Waals surface area (Å²) in [6.07, 6.45) is 5.66. The van der Waals surface area contributed by atoms with Gasteiger partial charge >= 0.3 is 0 Å². The van der Waals surface area contributed by atoms with Crippen LogP contribution in [0, 0.1) is 11.8 Å². The van der Waals surface area contributed by atoms with Crippen LogP contribution in [0.4, 0.5) is 0 Å². The van der Waals surface area contributed by atoms with Crippen LogP contribution in [0.3, 0.4) is 0 Å². The Morgan fingerprint density at radius 1 is 1.28 bits per heavy atom. The first-order valence-electron chi connectivity index (χ1n) is 7.14. The zero-order chi connectivity index (χ0) is 13.0. The maximum Gasteiger partial charge on any atom is 0.0291 e. The van der Waals surface area contributed by atoms with Gasteiger partial charge in [-0.25, -0.2) is 0 Å². The van der Waals surface area contributed by atoms with Crippen LogP contribution < -0.4 is 5.32 Å². The smallest absolute Gasteiger partial charge is 0.0291 e. The third kappa shape index (κ3) is 4.10. The lowest BCUT2D eigenvalue weighted by Gasteiger charge is -2.28. The summed E-state index contributed by atoms with van der Waals surface area (Å²) < 4.78 is 1.15. The van der Waals surface area contributed by atoms with Gasteiger partial charge in [0, 0.05) is 10.5 Å². The van der Waals surface area contributed by atoms with Crippen molar-refractivity contribution in [2.24, 2.45) is 11.8 Å². The molecule has 2 heteroatoms. The van der Waals surface area contributed by atoms with E-state index in [0.29, 0.717) is 6.04 Å². The van der Waals surface area contributed by atoms with Crippen LogP contribution in [-0.2, 0) is 0 Å². The number of halogens is 1. The second kappa shape index (κ2) is 6.72. The number of benzene rings is 1. The Morgan fingerprint density at radius 3 is 2.67 bits per heavy atom. The Morgan fingerprint density at radius 2 is 2.00 bits per heavy atom. The Labute approximate surface area is 119 Å². The molecule has 0 spiro atoms. The molecular weight excluding hydrogens is 286 g/mol. The van der Waals surface area contributed by atoms with Gasteiger partial charge in [-0.05, 0) is 55.8 Å². The van der Waals surface area contributed by atoms with E-state index in [1.807, 2.05) is 0 Å². The highest BCUT2D eigenvalue weighted by Crippen LogP contribution is 2.28. The summed E-state index contributed by atoms with van der Waals surface area (Å²) in [4.78, 5) is 0. The standard InChI is InChI=1S/C16H24BrN/c1-12-4-3-5-14(10-12)11-18-13(2)15-6-8-16(17)9-7-15/h6-9,12-14,18H,3-5,10-11H2,1-2H3/t12?,13-,14?/m1/s1. The van der Waals surface area contributed by atoms with E-state index in [1.165, 1.54) is 37.8 Å². The highest BCUT2D eigenvalue weighted by atomic mass is 79.9. The zero-order valence-corrected chi connectivity index (χ0v) is 13.0. The van der Waals surface area contributed by atoms with E-state index in [2.05, 4.69) is 59.4 Å². The largest absolute Gasteiger partial charge is 0.310 e. The van der Waals surface area contributed by atoms with E-state index in [9.17, 15) is 0 Å². The van der Waals surface area contributed by atoms with E-state index in [-0.39, 0.29) is 0 Å². The average Bonchev–Trinajstić information content (AvgIpc) is 2.37. The van der Waals surface area contributed by atoms with Crippen molar-refractivity contribution >= 4 is 15.9 Å². The molecule has 1 aromatic rings. The molecule has 2 rings (SSSR count). The maximum atomic E-state index is 3.69. The molecule has 0 amide bonds. The van der Waals surface area contributed by atoms with Gasteiger partial charge in [0.05, 0.1) is 0 Å². The minimum Gasteiger partial charge on any atom is -0.310 e. The van der Waals surface area contributed by atoms with Crippen molar-refractivity contribution in [3.8, 4) is 0 Å². The average molecular weight is 310 g/mol. The number of hydrogen-bond donors (Lipinski definition) is 1. The molecule has 3 atom stereocenters. The van der Waals surface area contributed by atoms with Gasteiger partial charge in [-0.15, -0.1) is 0 Å². The third-order valence-electron chi connectivity index (χ3n) is 4.13. The van der Waals surface area contributed by atoms with Crippen LogP contribution in [0.15, 0.2) is 28.7 Å². The first-order valence-corrected chi connectivity index (χ1v) is 7.93. The highest BCUT2D eigenvalue weighted by Gasteiger charge is 2.19. The molecule has 0 bridgehead atoms. The summed E-state index contributed by atoms with van der Waals surface area (Å²) in [5, 5.41) is 3.69. The molecule has 0 aromatic heterocycles. The van der Waals surface area contributed by atoms with E-state index in [4.69, 9.17) is 0 Å². The molecule has 1 aliphatic rings. The molecule has 1 aliphatic carbocycles. The monoisotopic (exact) mass is 309 g/mol. The fraction of sp³-hybridized carbons (Fsp3) is 0.625. The van der Waals surface area contributed by atoms with Crippen molar-refractivity contribution in [2.75, 3.05) is 6.54 Å².